The number of aliphatic carboxylic acids is 1. The Morgan fingerprint density at radius 1 is 1.38 bits per heavy atom. The summed E-state index contributed by atoms with van der Waals surface area (Å²) in [6.45, 7) is 5.83. The van der Waals surface area contributed by atoms with Crippen LogP contribution in [0.5, 0.6) is 0 Å². The average Bonchev–Trinajstić information content (AvgIpc) is 2.80. The van der Waals surface area contributed by atoms with E-state index in [0.29, 0.717) is 12.6 Å². The highest BCUT2D eigenvalue weighted by molar-refractivity contribution is 5.83. The number of nitrogens with zero attached hydrogens (tertiary/aromatic N) is 2. The smallest absolute Gasteiger partial charge is 0.326 e. The van der Waals surface area contributed by atoms with Gasteiger partial charge in [0.15, 0.2) is 0 Å². The number of unbranched alkanes of at least 4 members (excludes halogenated alkanes) is 1. The molecule has 0 aromatic heterocycles. The number of likely N-dealkylation sites (tertiary alicyclic amines) is 1. The second kappa shape index (κ2) is 8.19. The molecule has 7 heteroatoms. The van der Waals surface area contributed by atoms with E-state index in [2.05, 4.69) is 31.1 Å². The Morgan fingerprint density at radius 2 is 2.05 bits per heavy atom. The van der Waals surface area contributed by atoms with Crippen molar-refractivity contribution >= 4 is 12.0 Å². The molecule has 0 bridgehead atoms. The number of rotatable bonds is 7. The molecule has 1 rings (SSSR count). The Hall–Kier alpha value is -1.34. The molecule has 0 radical (unpaired) electrons. The summed E-state index contributed by atoms with van der Waals surface area (Å²) >= 11 is 0. The van der Waals surface area contributed by atoms with Crippen LogP contribution in [-0.4, -0.2) is 76.9 Å². The van der Waals surface area contributed by atoms with Crippen molar-refractivity contribution in [3.63, 3.8) is 0 Å². The second-order valence-corrected chi connectivity index (χ2v) is 5.91. The number of aliphatic hydroxyl groups is 1. The van der Waals surface area contributed by atoms with Gasteiger partial charge in [0.2, 0.25) is 0 Å². The number of carboxylic acids is 1. The summed E-state index contributed by atoms with van der Waals surface area (Å²) in [7, 11) is 2.06. The first-order valence-corrected chi connectivity index (χ1v) is 7.48. The Labute approximate surface area is 125 Å². The van der Waals surface area contributed by atoms with E-state index in [1.54, 1.807) is 0 Å². The summed E-state index contributed by atoms with van der Waals surface area (Å²) in [6.07, 6.45) is 1.16. The molecule has 0 spiro atoms. The number of carbonyl (C=O) groups is 2. The molecule has 2 amide bonds. The number of carbonyl (C=O) groups excluding carboxylic acids is 1. The monoisotopic (exact) mass is 301 g/mol. The van der Waals surface area contributed by atoms with Crippen LogP contribution < -0.4 is 5.32 Å². The number of nitrogens with one attached hydrogen (secondary N) is 1. The molecule has 7 nitrogen and oxygen atoms in total. The van der Waals surface area contributed by atoms with Crippen LogP contribution in [0.1, 0.15) is 33.1 Å². The molecular weight excluding hydrogens is 274 g/mol. The largest absolute Gasteiger partial charge is 0.480 e. The average molecular weight is 301 g/mol. The van der Waals surface area contributed by atoms with Gasteiger partial charge >= 0.3 is 12.0 Å². The molecule has 0 saturated carbocycles. The normalized spacial score (nSPS) is 22.1. The SMILES string of the molecule is CC(C)N(C)CCCCNC(=O)N1C[C@H](O)C[C@H]1C(=O)O. The summed E-state index contributed by atoms with van der Waals surface area (Å²) < 4.78 is 0. The van der Waals surface area contributed by atoms with Crippen LogP contribution in [0, 0.1) is 0 Å². The third-order valence-corrected chi connectivity index (χ3v) is 3.92. The maximum atomic E-state index is 11.9. The van der Waals surface area contributed by atoms with E-state index in [1.807, 2.05) is 0 Å². The number of amides is 2. The molecular formula is C14H27N3O4. The van der Waals surface area contributed by atoms with Crippen molar-refractivity contribution in [3.05, 3.63) is 0 Å². The van der Waals surface area contributed by atoms with Gasteiger partial charge in [-0.2, -0.15) is 0 Å². The van der Waals surface area contributed by atoms with Crippen molar-refractivity contribution in [2.24, 2.45) is 0 Å². The van der Waals surface area contributed by atoms with Crippen LogP contribution in [0.25, 0.3) is 0 Å². The molecule has 122 valence electrons. The molecule has 2 atom stereocenters. The molecule has 0 aromatic carbocycles. The molecule has 0 aromatic rings. The van der Waals surface area contributed by atoms with Gasteiger partial charge in [-0.1, -0.05) is 0 Å². The quantitative estimate of drug-likeness (QED) is 0.590. The van der Waals surface area contributed by atoms with Crippen LogP contribution in [0.4, 0.5) is 4.79 Å². The lowest BCUT2D eigenvalue weighted by atomic mass is 10.2. The lowest BCUT2D eigenvalue weighted by molar-refractivity contribution is -0.141. The van der Waals surface area contributed by atoms with Crippen molar-refractivity contribution in [3.8, 4) is 0 Å². The van der Waals surface area contributed by atoms with Crippen LogP contribution in [0.3, 0.4) is 0 Å². The fraction of sp³-hybridized carbons (Fsp3) is 0.857. The fourth-order valence-electron chi connectivity index (χ4n) is 2.31. The van der Waals surface area contributed by atoms with E-state index in [4.69, 9.17) is 5.11 Å². The molecule has 3 N–H and O–H groups in total. The van der Waals surface area contributed by atoms with Gasteiger partial charge in [-0.05, 0) is 40.3 Å². The first kappa shape index (κ1) is 17.7. The molecule has 1 aliphatic rings. The van der Waals surface area contributed by atoms with Crippen molar-refractivity contribution < 1.29 is 19.8 Å². The molecule has 1 aliphatic heterocycles. The number of carboxylic acid groups (broad SMARTS) is 1. The summed E-state index contributed by atoms with van der Waals surface area (Å²) in [5.41, 5.74) is 0. The maximum absolute atomic E-state index is 11.9. The van der Waals surface area contributed by atoms with Gasteiger partial charge in [-0.25, -0.2) is 9.59 Å². The molecule has 0 unspecified atom stereocenters. The second-order valence-electron chi connectivity index (χ2n) is 5.91. The predicted molar refractivity (Wildman–Crippen MR) is 79.2 cm³/mol. The topological polar surface area (TPSA) is 93.1 Å². The molecule has 1 heterocycles. The van der Waals surface area contributed by atoms with Crippen LogP contribution in [0.2, 0.25) is 0 Å². The fourth-order valence-corrected chi connectivity index (χ4v) is 2.31. The third-order valence-electron chi connectivity index (χ3n) is 3.92. The Bertz CT molecular complexity index is 362. The number of hydrogen-bond donors (Lipinski definition) is 3. The summed E-state index contributed by atoms with van der Waals surface area (Å²) in [5.74, 6) is -1.07. The van der Waals surface area contributed by atoms with Crippen LogP contribution >= 0.6 is 0 Å². The highest BCUT2D eigenvalue weighted by Crippen LogP contribution is 2.18. The van der Waals surface area contributed by atoms with E-state index in [0.717, 1.165) is 19.4 Å². The first-order chi connectivity index (χ1) is 9.82. The van der Waals surface area contributed by atoms with E-state index >= 15 is 0 Å². The number of β-amino-alcohol motifs (C(OH)–C–C–N with tert-alkyl or cyclic N) is 1. The van der Waals surface area contributed by atoms with Gasteiger partial charge < -0.3 is 25.3 Å². The summed E-state index contributed by atoms with van der Waals surface area (Å²) in [4.78, 5) is 26.4. The van der Waals surface area contributed by atoms with Gasteiger partial charge in [-0.15, -0.1) is 0 Å². The van der Waals surface area contributed by atoms with E-state index in [9.17, 15) is 14.7 Å². The Balaban J connectivity index is 2.26. The molecule has 0 aliphatic carbocycles. The zero-order valence-electron chi connectivity index (χ0n) is 13.1. The predicted octanol–water partition coefficient (Wildman–Crippen LogP) is 0.336. The lowest BCUT2D eigenvalue weighted by Gasteiger charge is -2.22. The van der Waals surface area contributed by atoms with Gasteiger partial charge in [0, 0.05) is 25.6 Å². The van der Waals surface area contributed by atoms with Crippen LogP contribution in [0.15, 0.2) is 0 Å². The standard InChI is InChI=1S/C14H27N3O4/c1-10(2)16(3)7-5-4-6-15-14(21)17-9-11(18)8-12(17)13(19)20/h10-12,18H,4-9H2,1-3H3,(H,15,21)(H,19,20)/t11-,12+/m1/s1. The molecule has 1 saturated heterocycles. The Morgan fingerprint density at radius 3 is 2.62 bits per heavy atom. The minimum atomic E-state index is -1.07. The van der Waals surface area contributed by atoms with Gasteiger partial charge in [0.1, 0.15) is 6.04 Å². The highest BCUT2D eigenvalue weighted by Gasteiger charge is 2.38. The van der Waals surface area contributed by atoms with Crippen molar-refractivity contribution in [2.45, 2.75) is 51.3 Å². The molecule has 1 fully saturated rings. The van der Waals surface area contributed by atoms with E-state index in [1.165, 1.54) is 4.90 Å². The summed E-state index contributed by atoms with van der Waals surface area (Å²) in [5, 5.41) is 21.3. The first-order valence-electron chi connectivity index (χ1n) is 7.48. The van der Waals surface area contributed by atoms with Crippen molar-refractivity contribution in [2.75, 3.05) is 26.7 Å². The minimum absolute atomic E-state index is 0.0822. The zero-order chi connectivity index (χ0) is 16.0. The van der Waals surface area contributed by atoms with E-state index < -0.39 is 24.1 Å². The number of hydrogen-bond acceptors (Lipinski definition) is 4. The van der Waals surface area contributed by atoms with Gasteiger partial charge in [0.05, 0.1) is 6.10 Å². The number of aliphatic hydroxyl groups excluding tert-OH is 1. The maximum Gasteiger partial charge on any atom is 0.326 e. The Kier molecular flexibility index (Phi) is 6.91. The summed E-state index contributed by atoms with van der Waals surface area (Å²) in [6, 6.07) is -0.828. The van der Waals surface area contributed by atoms with E-state index in [-0.39, 0.29) is 13.0 Å². The minimum Gasteiger partial charge on any atom is -0.480 e. The van der Waals surface area contributed by atoms with Gasteiger partial charge in [-0.3, -0.25) is 0 Å². The zero-order valence-corrected chi connectivity index (χ0v) is 13.1. The number of urea groups is 1. The lowest BCUT2D eigenvalue weighted by Crippen LogP contribution is -2.46. The van der Waals surface area contributed by atoms with Crippen LogP contribution in [-0.2, 0) is 4.79 Å². The molecule has 21 heavy (non-hydrogen) atoms. The van der Waals surface area contributed by atoms with Gasteiger partial charge in [0.25, 0.3) is 0 Å². The third kappa shape index (κ3) is 5.51. The van der Waals surface area contributed by atoms with Crippen molar-refractivity contribution in [1.29, 1.82) is 0 Å². The van der Waals surface area contributed by atoms with Crippen molar-refractivity contribution in [1.82, 2.24) is 15.1 Å². The highest BCUT2D eigenvalue weighted by atomic mass is 16.4.